The van der Waals surface area contributed by atoms with Gasteiger partial charge in [0.05, 0.1) is 13.7 Å². The van der Waals surface area contributed by atoms with Crippen molar-refractivity contribution in [3.05, 3.63) is 90.0 Å². The zero-order valence-electron chi connectivity index (χ0n) is 17.0. The number of hydrogen-bond donors (Lipinski definition) is 3. The molecule has 0 aliphatic heterocycles. The SMILES string of the molecule is COc1cccc(CNC(=O)c2cccc(NCc3nc(-c4ccncc4)n[nH]3)c2)c1. The number of amides is 1. The highest BCUT2D eigenvalue weighted by Crippen LogP contribution is 2.15. The molecule has 0 aliphatic carbocycles. The topological polar surface area (TPSA) is 105 Å². The maximum absolute atomic E-state index is 12.6. The average molecular weight is 414 g/mol. The molecule has 4 rings (SSSR count). The Balaban J connectivity index is 1.35. The number of benzene rings is 2. The lowest BCUT2D eigenvalue weighted by Gasteiger charge is -2.09. The Morgan fingerprint density at radius 3 is 2.71 bits per heavy atom. The van der Waals surface area contributed by atoms with Gasteiger partial charge in [-0.25, -0.2) is 4.98 Å². The van der Waals surface area contributed by atoms with E-state index in [2.05, 4.69) is 30.8 Å². The number of nitrogens with one attached hydrogen (secondary N) is 3. The number of carbonyl (C=O) groups is 1. The van der Waals surface area contributed by atoms with Crippen LogP contribution >= 0.6 is 0 Å². The van der Waals surface area contributed by atoms with Crippen LogP contribution in [0.15, 0.2) is 73.1 Å². The van der Waals surface area contributed by atoms with Crippen molar-refractivity contribution in [2.24, 2.45) is 0 Å². The molecule has 0 unspecified atom stereocenters. The fraction of sp³-hybridized carbons (Fsp3) is 0.130. The summed E-state index contributed by atoms with van der Waals surface area (Å²) in [5, 5.41) is 13.4. The Bertz CT molecular complexity index is 1160. The fourth-order valence-electron chi connectivity index (χ4n) is 3.03. The molecule has 0 atom stereocenters. The molecule has 156 valence electrons. The van der Waals surface area contributed by atoms with Crippen LogP contribution in [-0.4, -0.2) is 33.2 Å². The molecule has 0 bridgehead atoms. The molecule has 3 N–H and O–H groups in total. The molecule has 0 aliphatic rings. The van der Waals surface area contributed by atoms with E-state index in [1.54, 1.807) is 31.6 Å². The van der Waals surface area contributed by atoms with Crippen LogP contribution in [0.3, 0.4) is 0 Å². The maximum atomic E-state index is 12.6. The highest BCUT2D eigenvalue weighted by atomic mass is 16.5. The van der Waals surface area contributed by atoms with Crippen molar-refractivity contribution < 1.29 is 9.53 Å². The number of ether oxygens (including phenoxy) is 1. The van der Waals surface area contributed by atoms with Crippen LogP contribution in [0.4, 0.5) is 5.69 Å². The summed E-state index contributed by atoms with van der Waals surface area (Å²) in [5.74, 6) is 1.92. The van der Waals surface area contributed by atoms with Crippen LogP contribution in [0.5, 0.6) is 5.75 Å². The van der Waals surface area contributed by atoms with Crippen LogP contribution < -0.4 is 15.4 Å². The van der Waals surface area contributed by atoms with Crippen molar-refractivity contribution in [3.63, 3.8) is 0 Å². The minimum absolute atomic E-state index is 0.147. The lowest BCUT2D eigenvalue weighted by molar-refractivity contribution is 0.0951. The molecule has 0 radical (unpaired) electrons. The Labute approximate surface area is 179 Å². The number of aromatic amines is 1. The molecule has 2 aromatic carbocycles. The van der Waals surface area contributed by atoms with E-state index in [0.29, 0.717) is 30.3 Å². The normalized spacial score (nSPS) is 10.5. The molecule has 0 fully saturated rings. The summed E-state index contributed by atoms with van der Waals surface area (Å²) in [5.41, 5.74) is 3.25. The van der Waals surface area contributed by atoms with Gasteiger partial charge in [0.25, 0.3) is 5.91 Å². The van der Waals surface area contributed by atoms with E-state index >= 15 is 0 Å². The van der Waals surface area contributed by atoms with Gasteiger partial charge in [-0.3, -0.25) is 14.9 Å². The molecule has 4 aromatic rings. The van der Waals surface area contributed by atoms with Crippen LogP contribution in [0, 0.1) is 0 Å². The van der Waals surface area contributed by atoms with E-state index in [1.165, 1.54) is 0 Å². The van der Waals surface area contributed by atoms with Crippen molar-refractivity contribution in [1.82, 2.24) is 25.5 Å². The van der Waals surface area contributed by atoms with Gasteiger partial charge in [-0.05, 0) is 48.0 Å². The number of anilines is 1. The molecule has 8 heteroatoms. The van der Waals surface area contributed by atoms with E-state index in [0.717, 1.165) is 22.6 Å². The summed E-state index contributed by atoms with van der Waals surface area (Å²) in [6.45, 7) is 0.872. The largest absolute Gasteiger partial charge is 0.497 e. The van der Waals surface area contributed by atoms with Crippen LogP contribution in [0.1, 0.15) is 21.7 Å². The summed E-state index contributed by atoms with van der Waals surface area (Å²) in [6, 6.07) is 18.6. The van der Waals surface area contributed by atoms with Crippen LogP contribution in [0.2, 0.25) is 0 Å². The first-order chi connectivity index (χ1) is 15.2. The summed E-state index contributed by atoms with van der Waals surface area (Å²) in [7, 11) is 1.62. The van der Waals surface area contributed by atoms with Gasteiger partial charge in [0, 0.05) is 35.8 Å². The highest BCUT2D eigenvalue weighted by molar-refractivity contribution is 5.95. The third-order valence-electron chi connectivity index (χ3n) is 4.64. The van der Waals surface area contributed by atoms with E-state index in [1.807, 2.05) is 48.5 Å². The highest BCUT2D eigenvalue weighted by Gasteiger charge is 2.08. The molecule has 2 aromatic heterocycles. The Morgan fingerprint density at radius 2 is 1.87 bits per heavy atom. The lowest BCUT2D eigenvalue weighted by Crippen LogP contribution is -2.22. The van der Waals surface area contributed by atoms with Gasteiger partial charge in [0.2, 0.25) is 0 Å². The number of carbonyl (C=O) groups excluding carboxylic acids is 1. The third kappa shape index (κ3) is 5.24. The van der Waals surface area contributed by atoms with E-state index in [4.69, 9.17) is 4.74 Å². The molecule has 2 heterocycles. The molecular formula is C23H22N6O2. The molecule has 0 saturated heterocycles. The fourth-order valence-corrected chi connectivity index (χ4v) is 3.03. The van der Waals surface area contributed by atoms with E-state index < -0.39 is 0 Å². The van der Waals surface area contributed by atoms with Crippen molar-refractivity contribution in [3.8, 4) is 17.1 Å². The number of nitrogens with zero attached hydrogens (tertiary/aromatic N) is 3. The van der Waals surface area contributed by atoms with E-state index in [9.17, 15) is 4.79 Å². The second-order valence-electron chi connectivity index (χ2n) is 6.81. The third-order valence-corrected chi connectivity index (χ3v) is 4.64. The van der Waals surface area contributed by atoms with Gasteiger partial charge >= 0.3 is 0 Å². The zero-order chi connectivity index (χ0) is 21.5. The first-order valence-corrected chi connectivity index (χ1v) is 9.78. The molecule has 0 spiro atoms. The first kappa shape index (κ1) is 20.1. The Morgan fingerprint density at radius 1 is 1.03 bits per heavy atom. The van der Waals surface area contributed by atoms with Gasteiger partial charge in [-0.15, -0.1) is 0 Å². The van der Waals surface area contributed by atoms with Crippen molar-refractivity contribution in [1.29, 1.82) is 0 Å². The summed E-state index contributed by atoms with van der Waals surface area (Å²) < 4.78 is 5.22. The number of methoxy groups -OCH3 is 1. The maximum Gasteiger partial charge on any atom is 0.251 e. The van der Waals surface area contributed by atoms with Crippen molar-refractivity contribution in [2.75, 3.05) is 12.4 Å². The summed E-state index contributed by atoms with van der Waals surface area (Å²) >= 11 is 0. The number of aromatic nitrogens is 4. The van der Waals surface area contributed by atoms with Gasteiger partial charge < -0.3 is 15.4 Å². The summed E-state index contributed by atoms with van der Waals surface area (Å²) in [4.78, 5) is 21.0. The minimum atomic E-state index is -0.147. The number of pyridine rings is 1. The Hall–Kier alpha value is -4.20. The monoisotopic (exact) mass is 414 g/mol. The van der Waals surface area contributed by atoms with Crippen molar-refractivity contribution in [2.45, 2.75) is 13.1 Å². The molecular weight excluding hydrogens is 392 g/mol. The van der Waals surface area contributed by atoms with Crippen LogP contribution in [-0.2, 0) is 13.1 Å². The van der Waals surface area contributed by atoms with Gasteiger partial charge in [-0.1, -0.05) is 18.2 Å². The second kappa shape index (κ2) is 9.53. The lowest BCUT2D eigenvalue weighted by atomic mass is 10.1. The molecule has 8 nitrogen and oxygen atoms in total. The zero-order valence-corrected chi connectivity index (χ0v) is 17.0. The first-order valence-electron chi connectivity index (χ1n) is 9.78. The van der Waals surface area contributed by atoms with Gasteiger partial charge in [0.1, 0.15) is 11.6 Å². The van der Waals surface area contributed by atoms with E-state index in [-0.39, 0.29) is 5.91 Å². The van der Waals surface area contributed by atoms with Gasteiger partial charge in [-0.2, -0.15) is 5.10 Å². The van der Waals surface area contributed by atoms with Gasteiger partial charge in [0.15, 0.2) is 5.82 Å². The molecule has 1 amide bonds. The smallest absolute Gasteiger partial charge is 0.251 e. The summed E-state index contributed by atoms with van der Waals surface area (Å²) in [6.07, 6.45) is 3.41. The standard InChI is InChI=1S/C23H22N6O2/c1-31-20-7-2-4-16(12-20)14-26-23(30)18-5-3-6-19(13-18)25-15-21-27-22(29-28-21)17-8-10-24-11-9-17/h2-13,25H,14-15H2,1H3,(H,26,30)(H,27,28,29). The minimum Gasteiger partial charge on any atom is -0.497 e. The second-order valence-corrected chi connectivity index (χ2v) is 6.81. The molecule has 0 saturated carbocycles. The quantitative estimate of drug-likeness (QED) is 0.408. The number of H-pyrrole nitrogens is 1. The molecule has 31 heavy (non-hydrogen) atoms. The Kier molecular flexibility index (Phi) is 6.18. The predicted molar refractivity (Wildman–Crippen MR) is 118 cm³/mol. The van der Waals surface area contributed by atoms with Crippen LogP contribution in [0.25, 0.3) is 11.4 Å². The number of hydrogen-bond acceptors (Lipinski definition) is 6. The average Bonchev–Trinajstić information content (AvgIpc) is 3.31. The predicted octanol–water partition coefficient (Wildman–Crippen LogP) is 3.42. The van der Waals surface area contributed by atoms with Crippen molar-refractivity contribution >= 4 is 11.6 Å². The number of rotatable bonds is 8.